The topological polar surface area (TPSA) is 56.8 Å². The predicted octanol–water partition coefficient (Wildman–Crippen LogP) is 4.41. The second-order valence-electron chi connectivity index (χ2n) is 7.89. The summed E-state index contributed by atoms with van der Waals surface area (Å²) in [6.07, 6.45) is 1.75. The summed E-state index contributed by atoms with van der Waals surface area (Å²) in [4.78, 5) is 16.6. The van der Waals surface area contributed by atoms with Gasteiger partial charge in [0, 0.05) is 6.42 Å². The van der Waals surface area contributed by atoms with Crippen LogP contribution in [-0.4, -0.2) is 32.7 Å². The average Bonchev–Trinajstić information content (AvgIpc) is 2.29. The summed E-state index contributed by atoms with van der Waals surface area (Å²) in [7, 11) is -1.84. The van der Waals surface area contributed by atoms with E-state index in [9.17, 15) is 4.79 Å². The quantitative estimate of drug-likeness (QED) is 0.325. The first kappa shape index (κ1) is 21.1. The molecule has 0 bridgehead atoms. The van der Waals surface area contributed by atoms with E-state index in [0.717, 1.165) is 0 Å². The van der Waals surface area contributed by atoms with E-state index in [2.05, 4.69) is 45.9 Å². The molecule has 0 spiro atoms. The van der Waals surface area contributed by atoms with Crippen LogP contribution in [0.15, 0.2) is 12.7 Å². The maximum Gasteiger partial charge on any atom is 0.431 e. The van der Waals surface area contributed by atoms with Crippen LogP contribution in [0.2, 0.25) is 18.1 Å². The molecular formula is C16H33NO4Si. The van der Waals surface area contributed by atoms with E-state index in [4.69, 9.17) is 14.0 Å². The van der Waals surface area contributed by atoms with Gasteiger partial charge in [-0.1, -0.05) is 26.8 Å². The van der Waals surface area contributed by atoms with Gasteiger partial charge in [0.05, 0.1) is 12.7 Å². The fourth-order valence-electron chi connectivity index (χ4n) is 1.36. The third-order valence-electron chi connectivity index (χ3n) is 3.57. The summed E-state index contributed by atoms with van der Waals surface area (Å²) in [5.74, 6) is 0. The fourth-order valence-corrected chi connectivity index (χ4v) is 2.69. The van der Waals surface area contributed by atoms with Crippen molar-refractivity contribution in [1.82, 2.24) is 5.48 Å². The van der Waals surface area contributed by atoms with Crippen molar-refractivity contribution < 1.29 is 18.8 Å². The van der Waals surface area contributed by atoms with Gasteiger partial charge in [-0.3, -0.25) is 4.84 Å². The van der Waals surface area contributed by atoms with E-state index >= 15 is 0 Å². The molecule has 0 unspecified atom stereocenters. The maximum absolute atomic E-state index is 11.4. The Labute approximate surface area is 136 Å². The normalized spacial score (nSPS) is 14.4. The number of hydrogen-bond donors (Lipinski definition) is 1. The van der Waals surface area contributed by atoms with Crippen molar-refractivity contribution in [2.75, 3.05) is 6.61 Å². The number of hydrogen-bond acceptors (Lipinski definition) is 4. The third-order valence-corrected chi connectivity index (χ3v) is 8.08. The molecule has 1 amide bonds. The molecule has 5 nitrogen and oxygen atoms in total. The Bertz CT molecular complexity index is 369. The van der Waals surface area contributed by atoms with E-state index in [1.54, 1.807) is 26.8 Å². The first-order valence-corrected chi connectivity index (χ1v) is 10.6. The third kappa shape index (κ3) is 8.56. The second-order valence-corrected chi connectivity index (χ2v) is 12.6. The molecule has 0 aliphatic carbocycles. The van der Waals surface area contributed by atoms with Crippen molar-refractivity contribution >= 4 is 14.4 Å². The van der Waals surface area contributed by atoms with Gasteiger partial charge in [-0.25, -0.2) is 4.79 Å². The van der Waals surface area contributed by atoms with Crippen LogP contribution in [0, 0.1) is 0 Å². The van der Waals surface area contributed by atoms with E-state index in [-0.39, 0.29) is 11.1 Å². The molecule has 0 radical (unpaired) electrons. The zero-order chi connectivity index (χ0) is 17.6. The molecule has 0 saturated heterocycles. The highest BCUT2D eigenvalue weighted by molar-refractivity contribution is 6.74. The highest BCUT2D eigenvalue weighted by Crippen LogP contribution is 2.37. The second kappa shape index (κ2) is 8.13. The summed E-state index contributed by atoms with van der Waals surface area (Å²) in [5.41, 5.74) is 1.73. The molecule has 0 rings (SSSR count). The Morgan fingerprint density at radius 3 is 2.18 bits per heavy atom. The molecule has 0 saturated carbocycles. The number of amides is 1. The largest absolute Gasteiger partial charge is 0.442 e. The van der Waals surface area contributed by atoms with Gasteiger partial charge in [0.15, 0.2) is 8.32 Å². The van der Waals surface area contributed by atoms with Gasteiger partial charge in [-0.05, 0) is 38.9 Å². The summed E-state index contributed by atoms with van der Waals surface area (Å²) >= 11 is 0. The smallest absolute Gasteiger partial charge is 0.431 e. The van der Waals surface area contributed by atoms with E-state index < -0.39 is 20.0 Å². The predicted molar refractivity (Wildman–Crippen MR) is 92.2 cm³/mol. The average molecular weight is 332 g/mol. The number of rotatable bonds is 7. The minimum atomic E-state index is -1.84. The van der Waals surface area contributed by atoms with Gasteiger partial charge >= 0.3 is 6.09 Å². The van der Waals surface area contributed by atoms with Crippen molar-refractivity contribution in [3.63, 3.8) is 0 Å². The first-order chi connectivity index (χ1) is 9.78. The lowest BCUT2D eigenvalue weighted by molar-refractivity contribution is -0.0129. The SMILES string of the molecule is C=C[C@@H](CCONC(=O)OC(C)(C)C)O[Si](C)(C)C(C)(C)C. The van der Waals surface area contributed by atoms with Gasteiger partial charge < -0.3 is 9.16 Å². The van der Waals surface area contributed by atoms with Crippen molar-refractivity contribution in [3.8, 4) is 0 Å². The number of ether oxygens (including phenoxy) is 1. The molecule has 130 valence electrons. The lowest BCUT2D eigenvalue weighted by Gasteiger charge is -2.38. The van der Waals surface area contributed by atoms with E-state index in [1.807, 2.05) is 0 Å². The molecule has 0 fully saturated rings. The molecule has 6 heteroatoms. The van der Waals surface area contributed by atoms with E-state index in [0.29, 0.717) is 13.0 Å². The maximum atomic E-state index is 11.4. The summed E-state index contributed by atoms with van der Waals surface area (Å²) in [6.45, 7) is 20.5. The van der Waals surface area contributed by atoms with Crippen molar-refractivity contribution in [3.05, 3.63) is 12.7 Å². The minimum absolute atomic E-state index is 0.0821. The number of nitrogens with one attached hydrogen (secondary N) is 1. The van der Waals surface area contributed by atoms with Crippen LogP contribution in [0.1, 0.15) is 48.0 Å². The fraction of sp³-hybridized carbons (Fsp3) is 0.812. The highest BCUT2D eigenvalue weighted by Gasteiger charge is 2.38. The minimum Gasteiger partial charge on any atom is -0.442 e. The number of carbonyl (C=O) groups excluding carboxylic acids is 1. The van der Waals surface area contributed by atoms with Crippen LogP contribution in [0.4, 0.5) is 4.79 Å². The molecule has 0 aliphatic heterocycles. The number of hydroxylamine groups is 1. The van der Waals surface area contributed by atoms with Crippen molar-refractivity contribution in [2.24, 2.45) is 0 Å². The zero-order valence-corrected chi connectivity index (χ0v) is 16.4. The van der Waals surface area contributed by atoms with Gasteiger partial charge in [0.1, 0.15) is 5.60 Å². The first-order valence-electron chi connectivity index (χ1n) is 7.69. The standard InChI is InChI=1S/C16H33NO4Si/c1-10-13(21-22(8,9)16(5,6)7)11-12-19-17-14(18)20-15(2,3)4/h10,13H,1,11-12H2,2-9H3,(H,17,18)/t13-/m0/s1. The molecule has 0 aromatic rings. The van der Waals surface area contributed by atoms with Gasteiger partial charge in [-0.15, -0.1) is 6.58 Å². The van der Waals surface area contributed by atoms with Crippen LogP contribution in [0.3, 0.4) is 0 Å². The summed E-state index contributed by atoms with van der Waals surface area (Å²) < 4.78 is 11.3. The summed E-state index contributed by atoms with van der Waals surface area (Å²) in [6, 6.07) is 0. The van der Waals surface area contributed by atoms with Gasteiger partial charge in [0.2, 0.25) is 0 Å². The van der Waals surface area contributed by atoms with Gasteiger partial charge in [-0.2, -0.15) is 5.48 Å². The Kier molecular flexibility index (Phi) is 7.81. The van der Waals surface area contributed by atoms with E-state index in [1.165, 1.54) is 0 Å². The number of carbonyl (C=O) groups is 1. The lowest BCUT2D eigenvalue weighted by atomic mass is 10.2. The molecule has 0 heterocycles. The van der Waals surface area contributed by atoms with Gasteiger partial charge in [0.25, 0.3) is 0 Å². The molecule has 22 heavy (non-hydrogen) atoms. The van der Waals surface area contributed by atoms with Crippen molar-refractivity contribution in [1.29, 1.82) is 0 Å². The Morgan fingerprint density at radius 1 is 1.23 bits per heavy atom. The molecule has 0 aromatic heterocycles. The molecular weight excluding hydrogens is 298 g/mol. The highest BCUT2D eigenvalue weighted by atomic mass is 28.4. The lowest BCUT2D eigenvalue weighted by Crippen LogP contribution is -2.43. The monoisotopic (exact) mass is 331 g/mol. The molecule has 0 aliphatic rings. The van der Waals surface area contributed by atoms with Crippen LogP contribution in [0.25, 0.3) is 0 Å². The van der Waals surface area contributed by atoms with Crippen LogP contribution in [-0.2, 0) is 14.0 Å². The van der Waals surface area contributed by atoms with Crippen molar-refractivity contribution in [2.45, 2.75) is 77.8 Å². The molecule has 0 aromatic carbocycles. The molecule has 1 atom stereocenters. The Morgan fingerprint density at radius 2 is 1.77 bits per heavy atom. The Hall–Kier alpha value is -0.853. The van der Waals surface area contributed by atoms with Crippen LogP contribution in [0.5, 0.6) is 0 Å². The molecule has 1 N–H and O–H groups in total. The Balaban J connectivity index is 4.18. The summed E-state index contributed by atoms with van der Waals surface area (Å²) in [5, 5.41) is 0.143. The zero-order valence-electron chi connectivity index (χ0n) is 15.4. The van der Waals surface area contributed by atoms with Crippen LogP contribution >= 0.6 is 0 Å². The van der Waals surface area contributed by atoms with Crippen LogP contribution < -0.4 is 5.48 Å².